The van der Waals surface area contributed by atoms with Gasteiger partial charge in [-0.3, -0.25) is 4.79 Å². The van der Waals surface area contributed by atoms with Gasteiger partial charge >= 0.3 is 0 Å². The summed E-state index contributed by atoms with van der Waals surface area (Å²) >= 11 is 6.24. The van der Waals surface area contributed by atoms with E-state index in [9.17, 15) is 17.6 Å². The number of halogens is 2. The Labute approximate surface area is 193 Å². The van der Waals surface area contributed by atoms with Crippen LogP contribution in [-0.2, 0) is 20.2 Å². The molecule has 1 amide bonds. The van der Waals surface area contributed by atoms with E-state index in [1.54, 1.807) is 19.9 Å². The van der Waals surface area contributed by atoms with Crippen LogP contribution in [0.4, 0.5) is 4.39 Å². The summed E-state index contributed by atoms with van der Waals surface area (Å²) in [7, 11) is -3.73. The van der Waals surface area contributed by atoms with Crippen molar-refractivity contribution in [3.8, 4) is 0 Å². The standard InChI is InChI=1S/C23H28ClFN2O4S/c1-3-27(4-2)32(29,30)19-8-9-21(24)20(15-19)22(28)26-16-23(10-12-31-13-11-23)17-6-5-7-18(25)14-17/h5-9,14-15H,3-4,10-13,16H2,1-2H3,(H,26,28). The van der Waals surface area contributed by atoms with Gasteiger partial charge in [0.15, 0.2) is 0 Å². The van der Waals surface area contributed by atoms with E-state index in [1.165, 1.54) is 34.6 Å². The number of sulfonamides is 1. The van der Waals surface area contributed by atoms with Gasteiger partial charge in [0, 0.05) is 38.3 Å². The maximum Gasteiger partial charge on any atom is 0.252 e. The first kappa shape index (κ1) is 24.6. The Balaban J connectivity index is 1.86. The first-order chi connectivity index (χ1) is 15.2. The van der Waals surface area contributed by atoms with Crippen molar-refractivity contribution in [3.05, 3.63) is 64.4 Å². The molecule has 0 radical (unpaired) electrons. The molecule has 0 spiro atoms. The molecule has 1 fully saturated rings. The Morgan fingerprint density at radius 2 is 1.84 bits per heavy atom. The number of hydrogen-bond donors (Lipinski definition) is 1. The fourth-order valence-corrected chi connectivity index (χ4v) is 5.73. The molecule has 1 aliphatic heterocycles. The molecule has 6 nitrogen and oxygen atoms in total. The predicted molar refractivity (Wildman–Crippen MR) is 122 cm³/mol. The molecule has 0 bridgehead atoms. The minimum absolute atomic E-state index is 0.0154. The normalized spacial score (nSPS) is 16.2. The second kappa shape index (κ2) is 10.3. The molecular weight excluding hydrogens is 455 g/mol. The Morgan fingerprint density at radius 3 is 2.47 bits per heavy atom. The number of nitrogens with zero attached hydrogens (tertiary/aromatic N) is 1. The molecule has 1 aliphatic rings. The van der Waals surface area contributed by atoms with Gasteiger partial charge < -0.3 is 10.1 Å². The van der Waals surface area contributed by atoms with E-state index >= 15 is 0 Å². The molecule has 0 saturated carbocycles. The molecule has 9 heteroatoms. The van der Waals surface area contributed by atoms with E-state index in [4.69, 9.17) is 16.3 Å². The third kappa shape index (κ3) is 5.14. The van der Waals surface area contributed by atoms with Crippen LogP contribution >= 0.6 is 11.6 Å². The Kier molecular flexibility index (Phi) is 7.92. The number of nitrogens with one attached hydrogen (secondary N) is 1. The Hall–Kier alpha value is -2.00. The van der Waals surface area contributed by atoms with Crippen LogP contribution in [0.25, 0.3) is 0 Å². The van der Waals surface area contributed by atoms with E-state index in [0.29, 0.717) is 39.1 Å². The van der Waals surface area contributed by atoms with Gasteiger partial charge in [0.05, 0.1) is 15.5 Å². The second-order valence-corrected chi connectivity index (χ2v) is 10.2. The molecule has 1 N–H and O–H groups in total. The quantitative estimate of drug-likeness (QED) is 0.617. The number of hydrogen-bond acceptors (Lipinski definition) is 4. The SMILES string of the molecule is CCN(CC)S(=O)(=O)c1ccc(Cl)c(C(=O)NCC2(c3cccc(F)c3)CCOCC2)c1. The summed E-state index contributed by atoms with van der Waals surface area (Å²) in [5.41, 5.74) is 0.402. The highest BCUT2D eigenvalue weighted by Gasteiger charge is 2.35. The monoisotopic (exact) mass is 482 g/mol. The smallest absolute Gasteiger partial charge is 0.252 e. The summed E-state index contributed by atoms with van der Waals surface area (Å²) in [6, 6.07) is 10.5. The maximum atomic E-state index is 13.9. The number of benzene rings is 2. The van der Waals surface area contributed by atoms with Crippen molar-refractivity contribution in [3.63, 3.8) is 0 Å². The number of amides is 1. The van der Waals surface area contributed by atoms with Crippen LogP contribution in [0.15, 0.2) is 47.4 Å². The highest BCUT2D eigenvalue weighted by Crippen LogP contribution is 2.35. The lowest BCUT2D eigenvalue weighted by molar-refractivity contribution is 0.0486. The minimum Gasteiger partial charge on any atom is -0.381 e. The van der Waals surface area contributed by atoms with Gasteiger partial charge in [-0.1, -0.05) is 37.6 Å². The zero-order valence-electron chi connectivity index (χ0n) is 18.2. The van der Waals surface area contributed by atoms with Crippen molar-refractivity contribution in [2.45, 2.75) is 37.0 Å². The number of ether oxygens (including phenoxy) is 1. The summed E-state index contributed by atoms with van der Waals surface area (Å²) < 4.78 is 46.4. The van der Waals surface area contributed by atoms with Gasteiger partial charge in [0.1, 0.15) is 5.82 Å². The third-order valence-electron chi connectivity index (χ3n) is 6.00. The molecule has 1 heterocycles. The highest BCUT2D eigenvalue weighted by atomic mass is 35.5. The maximum absolute atomic E-state index is 13.9. The number of rotatable bonds is 8. The van der Waals surface area contributed by atoms with E-state index in [2.05, 4.69) is 5.32 Å². The first-order valence-corrected chi connectivity index (χ1v) is 12.5. The first-order valence-electron chi connectivity index (χ1n) is 10.6. The van der Waals surface area contributed by atoms with Crippen molar-refractivity contribution in [2.75, 3.05) is 32.8 Å². The van der Waals surface area contributed by atoms with E-state index in [-0.39, 0.29) is 27.8 Å². The van der Waals surface area contributed by atoms with Crippen molar-refractivity contribution < 1.29 is 22.3 Å². The Morgan fingerprint density at radius 1 is 1.16 bits per heavy atom. The fraction of sp³-hybridized carbons (Fsp3) is 0.435. The molecule has 2 aromatic carbocycles. The molecule has 174 valence electrons. The molecule has 3 rings (SSSR count). The lowest BCUT2D eigenvalue weighted by Gasteiger charge is -2.38. The average Bonchev–Trinajstić information content (AvgIpc) is 2.79. The van der Waals surface area contributed by atoms with Crippen LogP contribution in [0.1, 0.15) is 42.6 Å². The fourth-order valence-electron chi connectivity index (χ4n) is 4.04. The van der Waals surface area contributed by atoms with Crippen molar-refractivity contribution in [1.29, 1.82) is 0 Å². The summed E-state index contributed by atoms with van der Waals surface area (Å²) in [6.07, 6.45) is 1.25. The molecule has 2 aromatic rings. The summed E-state index contributed by atoms with van der Waals surface area (Å²) in [6.45, 7) is 5.41. The van der Waals surface area contributed by atoms with Gasteiger partial charge in [-0.15, -0.1) is 0 Å². The van der Waals surface area contributed by atoms with Crippen molar-refractivity contribution in [1.82, 2.24) is 9.62 Å². The van der Waals surface area contributed by atoms with E-state index in [1.807, 2.05) is 6.07 Å². The van der Waals surface area contributed by atoms with Crippen LogP contribution < -0.4 is 5.32 Å². The van der Waals surface area contributed by atoms with E-state index < -0.39 is 21.3 Å². The number of carbonyl (C=O) groups excluding carboxylic acids is 1. The largest absolute Gasteiger partial charge is 0.381 e. The lowest BCUT2D eigenvalue weighted by atomic mass is 9.74. The van der Waals surface area contributed by atoms with Gasteiger partial charge in [-0.25, -0.2) is 12.8 Å². The molecule has 0 atom stereocenters. The molecular formula is C23H28ClFN2O4S. The molecule has 0 aromatic heterocycles. The van der Waals surface area contributed by atoms with Crippen LogP contribution in [0, 0.1) is 5.82 Å². The van der Waals surface area contributed by atoms with Crippen molar-refractivity contribution >= 4 is 27.5 Å². The van der Waals surface area contributed by atoms with Crippen LogP contribution in [0.5, 0.6) is 0 Å². The third-order valence-corrected chi connectivity index (χ3v) is 8.38. The zero-order chi connectivity index (χ0) is 23.4. The summed E-state index contributed by atoms with van der Waals surface area (Å²) in [5, 5.41) is 3.05. The van der Waals surface area contributed by atoms with E-state index in [0.717, 1.165) is 5.56 Å². The van der Waals surface area contributed by atoms with Gasteiger partial charge in [-0.2, -0.15) is 4.31 Å². The van der Waals surface area contributed by atoms with Gasteiger partial charge in [0.25, 0.3) is 5.91 Å². The molecule has 32 heavy (non-hydrogen) atoms. The molecule has 1 saturated heterocycles. The van der Waals surface area contributed by atoms with Crippen LogP contribution in [0.2, 0.25) is 5.02 Å². The zero-order valence-corrected chi connectivity index (χ0v) is 19.8. The Bertz CT molecular complexity index is 1070. The second-order valence-electron chi connectivity index (χ2n) is 7.82. The van der Waals surface area contributed by atoms with Crippen LogP contribution in [0.3, 0.4) is 0 Å². The summed E-state index contributed by atoms with van der Waals surface area (Å²) in [4.78, 5) is 13.0. The van der Waals surface area contributed by atoms with Crippen molar-refractivity contribution in [2.24, 2.45) is 0 Å². The molecule has 0 unspecified atom stereocenters. The highest BCUT2D eigenvalue weighted by molar-refractivity contribution is 7.89. The average molecular weight is 483 g/mol. The van der Waals surface area contributed by atoms with Gasteiger partial charge in [-0.05, 0) is 48.7 Å². The summed E-state index contributed by atoms with van der Waals surface area (Å²) in [5.74, 6) is -0.814. The lowest BCUT2D eigenvalue weighted by Crippen LogP contribution is -2.44. The van der Waals surface area contributed by atoms with Crippen LogP contribution in [-0.4, -0.2) is 51.5 Å². The minimum atomic E-state index is -3.73. The topological polar surface area (TPSA) is 75.7 Å². The van der Waals surface area contributed by atoms with Gasteiger partial charge in [0.2, 0.25) is 10.0 Å². The molecule has 0 aliphatic carbocycles. The number of carbonyl (C=O) groups is 1. The predicted octanol–water partition coefficient (Wildman–Crippen LogP) is 3.99.